The summed E-state index contributed by atoms with van der Waals surface area (Å²) in [5.74, 6) is -0.209. The largest absolute Gasteiger partial charge is 2.00 e. The molecule has 0 unspecified atom stereocenters. The molecule has 0 N–H and O–H groups in total. The minimum absolute atomic E-state index is 0. The van der Waals surface area contributed by atoms with Gasteiger partial charge in [-0.1, -0.05) is 0 Å². The average Bonchev–Trinajstić information content (AvgIpc) is 2.62. The van der Waals surface area contributed by atoms with Gasteiger partial charge in [0.15, 0.2) is 0 Å². The van der Waals surface area contributed by atoms with Gasteiger partial charge in [-0.2, -0.15) is 18.2 Å². The molecule has 0 bridgehead atoms. The molecule has 74 valence electrons. The Labute approximate surface area is 111 Å². The zero-order valence-electron chi connectivity index (χ0n) is 8.01. The van der Waals surface area contributed by atoms with Gasteiger partial charge in [0.2, 0.25) is 0 Å². The molecule has 0 atom stereocenters. The zero-order chi connectivity index (χ0) is 8.65. The van der Waals surface area contributed by atoms with Crippen LogP contribution in [0.4, 0.5) is 4.39 Å². The third-order valence-corrected chi connectivity index (χ3v) is 1.50. The van der Waals surface area contributed by atoms with Crippen molar-refractivity contribution in [2.75, 3.05) is 13.2 Å². The van der Waals surface area contributed by atoms with E-state index in [1.165, 1.54) is 37.1 Å². The smallest absolute Gasteiger partial charge is 1.00 e. The molecule has 14 heavy (non-hydrogen) atoms. The molecule has 1 aromatic carbocycles. The van der Waals surface area contributed by atoms with Crippen LogP contribution in [0.2, 0.25) is 0 Å². The van der Waals surface area contributed by atoms with Crippen molar-refractivity contribution in [3.05, 3.63) is 36.1 Å². The van der Waals surface area contributed by atoms with Crippen molar-refractivity contribution in [3.8, 4) is 0 Å². The van der Waals surface area contributed by atoms with Gasteiger partial charge in [-0.15, -0.1) is 12.1 Å². The van der Waals surface area contributed by atoms with Gasteiger partial charge in [0.1, 0.15) is 0 Å². The van der Waals surface area contributed by atoms with Crippen LogP contribution in [-0.4, -0.2) is 36.3 Å². The van der Waals surface area contributed by atoms with E-state index in [4.69, 9.17) is 4.74 Å². The Bertz CT molecular complexity index is 197. The summed E-state index contributed by atoms with van der Waals surface area (Å²) in [5.41, 5.74) is 0. The van der Waals surface area contributed by atoms with Gasteiger partial charge in [0, 0.05) is 19.0 Å². The van der Waals surface area contributed by atoms with Gasteiger partial charge in [-0.25, -0.2) is 4.39 Å². The quantitative estimate of drug-likeness (QED) is 0.436. The number of rotatable bonds is 0. The van der Waals surface area contributed by atoms with Gasteiger partial charge in [0.05, 0.1) is 0 Å². The molecule has 1 aliphatic heterocycles. The first-order valence-corrected chi connectivity index (χ1v) is 4.09. The van der Waals surface area contributed by atoms with E-state index in [2.05, 4.69) is 6.07 Å². The SMILES string of the molecule is C1CCOC1.Fc1cc[c-]cc1.[Br-].[Mg+2]. The van der Waals surface area contributed by atoms with Crippen LogP contribution in [0, 0.1) is 11.9 Å². The van der Waals surface area contributed by atoms with Crippen LogP contribution in [0.25, 0.3) is 0 Å². The fourth-order valence-corrected chi connectivity index (χ4v) is 0.877. The van der Waals surface area contributed by atoms with E-state index in [1.54, 1.807) is 0 Å². The second kappa shape index (κ2) is 11.4. The summed E-state index contributed by atoms with van der Waals surface area (Å²) in [6.45, 7) is 2.00. The van der Waals surface area contributed by atoms with E-state index in [1.807, 2.05) is 0 Å². The molecule has 0 spiro atoms. The number of hydrogen-bond donors (Lipinski definition) is 0. The molecule has 1 aliphatic rings. The molecule has 2 rings (SSSR count). The van der Waals surface area contributed by atoms with Crippen LogP contribution in [0.3, 0.4) is 0 Å². The van der Waals surface area contributed by atoms with Crippen LogP contribution in [0.5, 0.6) is 0 Å². The maximum atomic E-state index is 11.9. The fourth-order valence-electron chi connectivity index (χ4n) is 0.877. The van der Waals surface area contributed by atoms with E-state index in [0.717, 1.165) is 13.2 Å². The topological polar surface area (TPSA) is 9.23 Å². The van der Waals surface area contributed by atoms with E-state index < -0.39 is 0 Å². The molecular formula is C10H12BrFMgO. The van der Waals surface area contributed by atoms with Crippen molar-refractivity contribution in [2.24, 2.45) is 0 Å². The molecule has 0 saturated carbocycles. The standard InChI is InChI=1S/C6H4F.C4H8O.BrH.Mg/c7-6-4-2-1-3-5-6;1-2-4-5-3-1;;/h2-5H;1-4H2;1H;/q-1;;;+2/p-1. The molecule has 4 heteroatoms. The fraction of sp³-hybridized carbons (Fsp3) is 0.400. The number of halogens is 2. The van der Waals surface area contributed by atoms with Crippen molar-refractivity contribution in [2.45, 2.75) is 12.8 Å². The van der Waals surface area contributed by atoms with Crippen LogP contribution >= 0.6 is 0 Å². The Morgan fingerprint density at radius 1 is 1.14 bits per heavy atom. The predicted molar refractivity (Wildman–Crippen MR) is 51.0 cm³/mol. The van der Waals surface area contributed by atoms with Crippen molar-refractivity contribution >= 4 is 23.1 Å². The number of benzene rings is 1. The van der Waals surface area contributed by atoms with Crippen molar-refractivity contribution in [3.63, 3.8) is 0 Å². The van der Waals surface area contributed by atoms with Crippen LogP contribution in [-0.2, 0) is 4.74 Å². The summed E-state index contributed by atoms with van der Waals surface area (Å²) in [7, 11) is 0. The summed E-state index contributed by atoms with van der Waals surface area (Å²) in [6, 6.07) is 8.49. The second-order valence-corrected chi connectivity index (χ2v) is 2.54. The Balaban J connectivity index is 0. The molecule has 1 saturated heterocycles. The number of ether oxygens (including phenoxy) is 1. The maximum Gasteiger partial charge on any atom is 2.00 e. The first kappa shape index (κ1) is 16.8. The first-order chi connectivity index (χ1) is 5.89. The van der Waals surface area contributed by atoms with E-state index >= 15 is 0 Å². The first-order valence-electron chi connectivity index (χ1n) is 4.09. The third-order valence-electron chi connectivity index (χ3n) is 1.50. The molecule has 0 radical (unpaired) electrons. The molecule has 0 aromatic heterocycles. The van der Waals surface area contributed by atoms with E-state index in [9.17, 15) is 4.39 Å². The molecule has 1 fully saturated rings. The molecule has 0 amide bonds. The normalized spacial score (nSPS) is 12.9. The van der Waals surface area contributed by atoms with Gasteiger partial charge in [-0.3, -0.25) is 0 Å². The Kier molecular flexibility index (Phi) is 13.7. The monoisotopic (exact) mass is 270 g/mol. The molecule has 1 nitrogen and oxygen atoms in total. The predicted octanol–water partition coefficient (Wildman–Crippen LogP) is -0.954. The van der Waals surface area contributed by atoms with Crippen LogP contribution < -0.4 is 17.0 Å². The molecule has 0 aliphatic carbocycles. The summed E-state index contributed by atoms with van der Waals surface area (Å²) in [6.07, 6.45) is 2.56. The van der Waals surface area contributed by atoms with Crippen LogP contribution in [0.1, 0.15) is 12.8 Å². The Hall–Kier alpha value is 0.356. The van der Waals surface area contributed by atoms with Crippen molar-refractivity contribution in [1.29, 1.82) is 0 Å². The number of hydrogen-bond acceptors (Lipinski definition) is 1. The average molecular weight is 271 g/mol. The summed E-state index contributed by atoms with van der Waals surface area (Å²) in [4.78, 5) is 0. The summed E-state index contributed by atoms with van der Waals surface area (Å²) < 4.78 is 16.8. The Morgan fingerprint density at radius 3 is 1.86 bits per heavy atom. The minimum atomic E-state index is -0.209. The molecule has 1 heterocycles. The maximum absolute atomic E-state index is 11.9. The Morgan fingerprint density at radius 2 is 1.64 bits per heavy atom. The van der Waals surface area contributed by atoms with E-state index in [0.29, 0.717) is 0 Å². The minimum Gasteiger partial charge on any atom is -1.00 e. The van der Waals surface area contributed by atoms with Gasteiger partial charge in [0.25, 0.3) is 0 Å². The van der Waals surface area contributed by atoms with Crippen molar-refractivity contribution < 1.29 is 26.1 Å². The summed E-state index contributed by atoms with van der Waals surface area (Å²) >= 11 is 0. The van der Waals surface area contributed by atoms with Crippen LogP contribution in [0.15, 0.2) is 24.3 Å². The van der Waals surface area contributed by atoms with Gasteiger partial charge < -0.3 is 21.7 Å². The van der Waals surface area contributed by atoms with Gasteiger partial charge >= 0.3 is 23.1 Å². The van der Waals surface area contributed by atoms with Crippen molar-refractivity contribution in [1.82, 2.24) is 0 Å². The second-order valence-electron chi connectivity index (χ2n) is 2.54. The third kappa shape index (κ3) is 8.93. The van der Waals surface area contributed by atoms with Gasteiger partial charge in [-0.05, 0) is 12.8 Å². The molecular weight excluding hydrogens is 259 g/mol. The van der Waals surface area contributed by atoms with E-state index in [-0.39, 0.29) is 45.9 Å². The summed E-state index contributed by atoms with van der Waals surface area (Å²) in [5, 5.41) is 0. The molecule has 1 aromatic rings. The zero-order valence-corrected chi connectivity index (χ0v) is 11.0.